The molecule has 0 amide bonds. The van der Waals surface area contributed by atoms with Crippen LogP contribution in [-0.2, 0) is 6.54 Å². The topological polar surface area (TPSA) is 47.3 Å². The number of hydrogen-bond donors (Lipinski definition) is 2. The van der Waals surface area contributed by atoms with E-state index in [1.54, 1.807) is 7.11 Å². The number of nitrogens with two attached hydrogens (primary N) is 1. The van der Waals surface area contributed by atoms with Crippen LogP contribution in [0.5, 0.6) is 5.75 Å². The van der Waals surface area contributed by atoms with Crippen LogP contribution in [0.15, 0.2) is 18.2 Å². The summed E-state index contributed by atoms with van der Waals surface area (Å²) < 4.78 is 5.45. The summed E-state index contributed by atoms with van der Waals surface area (Å²) in [5, 5.41) is 3.58. The summed E-state index contributed by atoms with van der Waals surface area (Å²) >= 11 is 0. The van der Waals surface area contributed by atoms with E-state index in [0.717, 1.165) is 18.7 Å². The quantitative estimate of drug-likeness (QED) is 0.858. The van der Waals surface area contributed by atoms with E-state index in [-0.39, 0.29) is 0 Å². The highest BCUT2D eigenvalue weighted by atomic mass is 16.5. The molecule has 3 N–H and O–H groups in total. The van der Waals surface area contributed by atoms with Gasteiger partial charge >= 0.3 is 0 Å². The van der Waals surface area contributed by atoms with Gasteiger partial charge in [0.25, 0.3) is 0 Å². The van der Waals surface area contributed by atoms with Gasteiger partial charge in [-0.1, -0.05) is 32.4 Å². The molecule has 3 nitrogen and oxygen atoms in total. The highest BCUT2D eigenvalue weighted by Crippen LogP contribution is 2.25. The predicted octanol–water partition coefficient (Wildman–Crippen LogP) is 2.79. The number of benzene rings is 1. The summed E-state index contributed by atoms with van der Waals surface area (Å²) in [4.78, 5) is 0. The van der Waals surface area contributed by atoms with E-state index >= 15 is 0 Å². The Hall–Kier alpha value is -1.06. The Morgan fingerprint density at radius 3 is 2.74 bits per heavy atom. The number of nitrogens with one attached hydrogen (secondary N) is 1. The molecule has 1 fully saturated rings. The Kier molecular flexibility index (Phi) is 4.83. The van der Waals surface area contributed by atoms with E-state index in [9.17, 15) is 0 Å². The van der Waals surface area contributed by atoms with E-state index in [1.807, 2.05) is 0 Å². The van der Waals surface area contributed by atoms with Crippen LogP contribution in [0.3, 0.4) is 0 Å². The highest BCUT2D eigenvalue weighted by Gasteiger charge is 2.23. The molecule has 2 unspecified atom stereocenters. The Morgan fingerprint density at radius 2 is 2.16 bits per heavy atom. The van der Waals surface area contributed by atoms with Gasteiger partial charge in [0, 0.05) is 24.2 Å². The Morgan fingerprint density at radius 1 is 1.37 bits per heavy atom. The van der Waals surface area contributed by atoms with E-state index in [4.69, 9.17) is 10.5 Å². The van der Waals surface area contributed by atoms with Gasteiger partial charge in [-0.15, -0.1) is 0 Å². The number of rotatable bonds is 5. The van der Waals surface area contributed by atoms with Crippen molar-refractivity contribution in [1.82, 2.24) is 5.32 Å². The predicted molar refractivity (Wildman–Crippen MR) is 79.5 cm³/mol. The van der Waals surface area contributed by atoms with E-state index < -0.39 is 0 Å². The zero-order valence-corrected chi connectivity index (χ0v) is 12.3. The smallest absolute Gasteiger partial charge is 0.123 e. The fourth-order valence-corrected chi connectivity index (χ4v) is 2.78. The minimum Gasteiger partial charge on any atom is -0.496 e. The molecule has 0 heterocycles. The first kappa shape index (κ1) is 14.4. The summed E-state index contributed by atoms with van der Waals surface area (Å²) in [6, 6.07) is 7.22. The monoisotopic (exact) mass is 262 g/mol. The van der Waals surface area contributed by atoms with Gasteiger partial charge in [-0.3, -0.25) is 0 Å². The minimum absolute atomic E-state index is 0.305. The van der Waals surface area contributed by atoms with Crippen molar-refractivity contribution in [3.63, 3.8) is 0 Å². The molecule has 0 aliphatic heterocycles. The first-order valence-electron chi connectivity index (χ1n) is 7.27. The summed E-state index contributed by atoms with van der Waals surface area (Å²) in [6.45, 7) is 5.26. The van der Waals surface area contributed by atoms with Crippen molar-refractivity contribution in [3.8, 4) is 5.75 Å². The lowest BCUT2D eigenvalue weighted by Crippen LogP contribution is -2.40. The largest absolute Gasteiger partial charge is 0.496 e. The van der Waals surface area contributed by atoms with E-state index in [0.29, 0.717) is 18.0 Å². The number of methoxy groups -OCH3 is 1. The molecule has 3 heteroatoms. The van der Waals surface area contributed by atoms with Crippen molar-refractivity contribution in [1.29, 1.82) is 0 Å². The van der Waals surface area contributed by atoms with Crippen molar-refractivity contribution >= 4 is 0 Å². The Balaban J connectivity index is 2.06. The molecule has 106 valence electrons. The lowest BCUT2D eigenvalue weighted by molar-refractivity contribution is 0.402. The molecule has 0 radical (unpaired) electrons. The summed E-state index contributed by atoms with van der Waals surface area (Å²) in [5.41, 5.74) is 8.68. The van der Waals surface area contributed by atoms with Crippen molar-refractivity contribution < 1.29 is 4.74 Å². The standard InChI is InChI=1S/C16H26N2O/c1-11(2)12-7-8-16(19-3)13(9-12)10-18-15-6-4-5-14(15)17/h7-9,11,14-15,18H,4-6,10,17H2,1-3H3. The summed E-state index contributed by atoms with van der Waals surface area (Å²) in [6.07, 6.45) is 3.57. The molecule has 1 aliphatic rings. The van der Waals surface area contributed by atoms with Crippen LogP contribution in [-0.4, -0.2) is 19.2 Å². The van der Waals surface area contributed by atoms with Gasteiger partial charge in [0.15, 0.2) is 0 Å². The molecular formula is C16H26N2O. The third-order valence-electron chi connectivity index (χ3n) is 4.10. The maximum Gasteiger partial charge on any atom is 0.123 e. The molecule has 1 aromatic carbocycles. The zero-order chi connectivity index (χ0) is 13.8. The van der Waals surface area contributed by atoms with Crippen molar-refractivity contribution in [2.45, 2.75) is 57.7 Å². The van der Waals surface area contributed by atoms with Crippen LogP contribution in [0.4, 0.5) is 0 Å². The van der Waals surface area contributed by atoms with E-state index in [1.165, 1.54) is 24.0 Å². The average Bonchev–Trinajstić information content (AvgIpc) is 2.81. The molecule has 2 rings (SSSR count). The molecule has 0 spiro atoms. The van der Waals surface area contributed by atoms with Crippen molar-refractivity contribution in [2.24, 2.45) is 5.73 Å². The SMILES string of the molecule is COc1ccc(C(C)C)cc1CNC1CCCC1N. The summed E-state index contributed by atoms with van der Waals surface area (Å²) in [7, 11) is 1.73. The van der Waals surface area contributed by atoms with Crippen LogP contribution in [0.1, 0.15) is 50.2 Å². The van der Waals surface area contributed by atoms with Crippen molar-refractivity contribution in [3.05, 3.63) is 29.3 Å². The molecule has 2 atom stereocenters. The van der Waals surface area contributed by atoms with Gasteiger partial charge in [0.05, 0.1) is 7.11 Å². The zero-order valence-electron chi connectivity index (χ0n) is 12.3. The van der Waals surface area contributed by atoms with E-state index in [2.05, 4.69) is 37.4 Å². The van der Waals surface area contributed by atoms with Crippen LogP contribution < -0.4 is 15.8 Å². The third-order valence-corrected chi connectivity index (χ3v) is 4.10. The van der Waals surface area contributed by atoms with Gasteiger partial charge in [0.1, 0.15) is 5.75 Å². The Bertz CT molecular complexity index is 417. The maximum atomic E-state index is 6.10. The second kappa shape index (κ2) is 6.40. The molecule has 0 bridgehead atoms. The second-order valence-corrected chi connectivity index (χ2v) is 5.81. The lowest BCUT2D eigenvalue weighted by Gasteiger charge is -2.19. The fraction of sp³-hybridized carbons (Fsp3) is 0.625. The van der Waals surface area contributed by atoms with Gasteiger partial charge in [-0.2, -0.15) is 0 Å². The molecule has 1 saturated carbocycles. The first-order valence-corrected chi connectivity index (χ1v) is 7.27. The van der Waals surface area contributed by atoms with Gasteiger partial charge in [-0.05, 0) is 30.4 Å². The number of ether oxygens (including phenoxy) is 1. The minimum atomic E-state index is 0.305. The van der Waals surface area contributed by atoms with Crippen LogP contribution in [0, 0.1) is 0 Å². The molecular weight excluding hydrogens is 236 g/mol. The summed E-state index contributed by atoms with van der Waals surface area (Å²) in [5.74, 6) is 1.50. The third kappa shape index (κ3) is 3.48. The molecule has 1 aliphatic carbocycles. The van der Waals surface area contributed by atoms with Gasteiger partial charge in [-0.25, -0.2) is 0 Å². The maximum absolute atomic E-state index is 6.10. The van der Waals surface area contributed by atoms with Crippen LogP contribution in [0.2, 0.25) is 0 Å². The van der Waals surface area contributed by atoms with Crippen LogP contribution >= 0.6 is 0 Å². The first-order chi connectivity index (χ1) is 9.11. The van der Waals surface area contributed by atoms with Crippen LogP contribution in [0.25, 0.3) is 0 Å². The van der Waals surface area contributed by atoms with Crippen molar-refractivity contribution in [2.75, 3.05) is 7.11 Å². The Labute approximate surface area is 116 Å². The molecule has 19 heavy (non-hydrogen) atoms. The molecule has 0 saturated heterocycles. The normalized spacial score (nSPS) is 23.0. The number of hydrogen-bond acceptors (Lipinski definition) is 3. The average molecular weight is 262 g/mol. The fourth-order valence-electron chi connectivity index (χ4n) is 2.78. The second-order valence-electron chi connectivity index (χ2n) is 5.81. The highest BCUT2D eigenvalue weighted by molar-refractivity contribution is 5.38. The van der Waals surface area contributed by atoms with Gasteiger partial charge in [0.2, 0.25) is 0 Å². The molecule has 1 aromatic rings. The molecule has 0 aromatic heterocycles. The lowest BCUT2D eigenvalue weighted by atomic mass is 10.00. The van der Waals surface area contributed by atoms with Gasteiger partial charge < -0.3 is 15.8 Å².